The molecule has 2 atom stereocenters. The lowest BCUT2D eigenvalue weighted by Crippen LogP contribution is -2.28. The molecule has 1 aliphatic carbocycles. The molecule has 0 bridgehead atoms. The van der Waals surface area contributed by atoms with E-state index >= 15 is 0 Å². The summed E-state index contributed by atoms with van der Waals surface area (Å²) in [5, 5.41) is 6.86. The third-order valence-electron chi connectivity index (χ3n) is 5.51. The van der Waals surface area contributed by atoms with Gasteiger partial charge in [-0.05, 0) is 62.1 Å². The predicted molar refractivity (Wildman–Crippen MR) is 107 cm³/mol. The molecule has 0 fully saturated rings. The fourth-order valence-corrected chi connectivity index (χ4v) is 4.26. The van der Waals surface area contributed by atoms with Crippen LogP contribution in [0.2, 0.25) is 0 Å². The number of hydrogen-bond donors (Lipinski definition) is 0. The van der Waals surface area contributed by atoms with Crippen LogP contribution in [0.4, 0.5) is 4.39 Å². The molecular weight excluding hydrogens is 355 g/mol. The second-order valence-corrected chi connectivity index (χ2v) is 7.39. The van der Waals surface area contributed by atoms with Crippen molar-refractivity contribution in [3.05, 3.63) is 76.7 Å². The minimum absolute atomic E-state index is 0.0208. The molecule has 0 unspecified atom stereocenters. The monoisotopic (exact) mass is 378 g/mol. The highest BCUT2D eigenvalue weighted by Crippen LogP contribution is 2.45. The van der Waals surface area contributed by atoms with Crippen molar-refractivity contribution in [1.29, 1.82) is 0 Å². The molecule has 2 aromatic carbocycles. The number of ether oxygens (including phenoxy) is 1. The Kier molecular flexibility index (Phi) is 4.75. The van der Waals surface area contributed by atoms with Crippen molar-refractivity contribution in [3.63, 3.8) is 0 Å². The van der Waals surface area contributed by atoms with Crippen molar-refractivity contribution in [2.24, 2.45) is 11.0 Å². The number of ketones is 1. The number of hydrogen-bond acceptors (Lipinski definition) is 4. The van der Waals surface area contributed by atoms with Crippen molar-refractivity contribution in [2.75, 3.05) is 7.11 Å². The van der Waals surface area contributed by atoms with E-state index in [4.69, 9.17) is 9.84 Å². The van der Waals surface area contributed by atoms with Gasteiger partial charge in [0.15, 0.2) is 5.78 Å². The predicted octanol–water partition coefficient (Wildman–Crippen LogP) is 4.65. The normalized spacial score (nSPS) is 21.1. The fraction of sp³-hybridized carbons (Fsp3) is 0.304. The Morgan fingerprint density at radius 3 is 2.64 bits per heavy atom. The van der Waals surface area contributed by atoms with E-state index in [0.717, 1.165) is 41.1 Å². The van der Waals surface area contributed by atoms with Crippen molar-refractivity contribution in [1.82, 2.24) is 5.01 Å². The first-order valence-electron chi connectivity index (χ1n) is 9.47. The summed E-state index contributed by atoms with van der Waals surface area (Å²) in [5.74, 6) is 0.687. The smallest absolute Gasteiger partial charge is 0.154 e. The highest BCUT2D eigenvalue weighted by Gasteiger charge is 2.42. The molecule has 0 saturated heterocycles. The number of fused-ring (bicyclic) bond motifs is 3. The minimum atomic E-state index is -0.260. The second kappa shape index (κ2) is 7.23. The molecule has 0 saturated carbocycles. The van der Waals surface area contributed by atoms with Crippen molar-refractivity contribution >= 4 is 11.5 Å². The van der Waals surface area contributed by atoms with Crippen LogP contribution in [0.15, 0.2) is 59.3 Å². The Bertz CT molecular complexity index is 979. The molecule has 1 aliphatic heterocycles. The van der Waals surface area contributed by atoms with Gasteiger partial charge in [-0.3, -0.25) is 9.80 Å². The van der Waals surface area contributed by atoms with Gasteiger partial charge in [-0.25, -0.2) is 4.39 Å². The first-order valence-corrected chi connectivity index (χ1v) is 9.47. The van der Waals surface area contributed by atoms with E-state index in [9.17, 15) is 9.18 Å². The number of hydrazone groups is 1. The van der Waals surface area contributed by atoms with Crippen LogP contribution in [0.25, 0.3) is 0 Å². The summed E-state index contributed by atoms with van der Waals surface area (Å²) >= 11 is 0. The van der Waals surface area contributed by atoms with Crippen LogP contribution >= 0.6 is 0 Å². The zero-order valence-corrected chi connectivity index (χ0v) is 16.3. The summed E-state index contributed by atoms with van der Waals surface area (Å²) in [7, 11) is 1.66. The van der Waals surface area contributed by atoms with Crippen LogP contribution in [0.1, 0.15) is 43.0 Å². The summed E-state index contributed by atoms with van der Waals surface area (Å²) in [6, 6.07) is 12.6. The first kappa shape index (κ1) is 18.4. The SMILES string of the molecule is COc1ccc2c(c1)C1=NN(C(C)=CC(C)=O)[C@@H](c3ccc(F)cc3)[C@@H]1CC2. The summed E-state index contributed by atoms with van der Waals surface area (Å²) < 4.78 is 18.9. The number of benzene rings is 2. The minimum Gasteiger partial charge on any atom is -0.497 e. The summed E-state index contributed by atoms with van der Waals surface area (Å²) in [4.78, 5) is 11.7. The van der Waals surface area contributed by atoms with Gasteiger partial charge in [-0.15, -0.1) is 0 Å². The molecule has 4 rings (SSSR count). The Balaban J connectivity index is 1.83. The lowest BCUT2D eigenvalue weighted by molar-refractivity contribution is -0.112. The maximum atomic E-state index is 13.5. The molecule has 144 valence electrons. The summed E-state index contributed by atoms with van der Waals surface area (Å²) in [6.07, 6.45) is 3.50. The topological polar surface area (TPSA) is 41.9 Å². The molecule has 28 heavy (non-hydrogen) atoms. The molecule has 0 amide bonds. The third kappa shape index (κ3) is 3.21. The molecule has 5 heteroatoms. The van der Waals surface area contributed by atoms with Crippen LogP contribution in [-0.2, 0) is 11.2 Å². The van der Waals surface area contributed by atoms with E-state index in [1.165, 1.54) is 24.6 Å². The van der Waals surface area contributed by atoms with Crippen LogP contribution < -0.4 is 4.74 Å². The van der Waals surface area contributed by atoms with E-state index in [0.29, 0.717) is 0 Å². The Labute approximate surface area is 164 Å². The van der Waals surface area contributed by atoms with Crippen molar-refractivity contribution < 1.29 is 13.9 Å². The zero-order chi connectivity index (χ0) is 19.8. The number of carbonyl (C=O) groups excluding carboxylic acids is 1. The second-order valence-electron chi connectivity index (χ2n) is 7.39. The highest BCUT2D eigenvalue weighted by molar-refractivity contribution is 6.06. The molecule has 1 heterocycles. The number of nitrogens with zero attached hydrogens (tertiary/aromatic N) is 2. The molecule has 4 nitrogen and oxygen atoms in total. The Morgan fingerprint density at radius 1 is 1.21 bits per heavy atom. The van der Waals surface area contributed by atoms with Crippen LogP contribution in [0.5, 0.6) is 5.75 Å². The Hall–Kier alpha value is -2.95. The maximum absolute atomic E-state index is 13.5. The van der Waals surface area contributed by atoms with Gasteiger partial charge >= 0.3 is 0 Å². The lowest BCUT2D eigenvalue weighted by Gasteiger charge is -2.31. The van der Waals surface area contributed by atoms with Gasteiger partial charge in [-0.1, -0.05) is 18.2 Å². The largest absolute Gasteiger partial charge is 0.497 e. The maximum Gasteiger partial charge on any atom is 0.154 e. The average Bonchev–Trinajstić information content (AvgIpc) is 3.08. The number of methoxy groups -OCH3 is 1. The molecular formula is C23H23FN2O2. The quantitative estimate of drug-likeness (QED) is 0.727. The van der Waals surface area contributed by atoms with E-state index in [1.54, 1.807) is 13.2 Å². The van der Waals surface area contributed by atoms with E-state index in [2.05, 4.69) is 6.07 Å². The number of carbonyl (C=O) groups is 1. The Morgan fingerprint density at radius 2 is 1.96 bits per heavy atom. The van der Waals surface area contributed by atoms with Gasteiger partial charge in [0.2, 0.25) is 0 Å². The fourth-order valence-electron chi connectivity index (χ4n) is 4.26. The summed E-state index contributed by atoms with van der Waals surface area (Å²) in [6.45, 7) is 3.43. The van der Waals surface area contributed by atoms with E-state index in [1.807, 2.05) is 36.2 Å². The van der Waals surface area contributed by atoms with Gasteiger partial charge in [0.1, 0.15) is 11.6 Å². The molecule has 0 spiro atoms. The standard InChI is InChI=1S/C23H23FN2O2/c1-14(12-15(2)27)26-23(17-4-8-18(24)9-5-17)20-11-7-16-6-10-19(28-3)13-21(16)22(20)25-26/h4-6,8-10,12-13,20,23H,7,11H2,1-3H3/t20-,23+/m1/s1. The average molecular weight is 378 g/mol. The molecule has 0 radical (unpaired) electrons. The van der Waals surface area contributed by atoms with Gasteiger partial charge in [0.25, 0.3) is 0 Å². The van der Waals surface area contributed by atoms with Crippen molar-refractivity contribution in [3.8, 4) is 5.75 Å². The number of halogens is 1. The van der Waals surface area contributed by atoms with Crippen LogP contribution in [0.3, 0.4) is 0 Å². The van der Waals surface area contributed by atoms with Gasteiger partial charge < -0.3 is 4.74 Å². The third-order valence-corrected chi connectivity index (χ3v) is 5.51. The number of allylic oxidation sites excluding steroid dienone is 2. The van der Waals surface area contributed by atoms with Crippen molar-refractivity contribution in [2.45, 2.75) is 32.7 Å². The lowest BCUT2D eigenvalue weighted by atomic mass is 9.77. The molecule has 2 aromatic rings. The number of aryl methyl sites for hydroxylation is 1. The van der Waals surface area contributed by atoms with Crippen LogP contribution in [-0.4, -0.2) is 23.6 Å². The van der Waals surface area contributed by atoms with Gasteiger partial charge in [-0.2, -0.15) is 5.10 Å². The van der Waals surface area contributed by atoms with E-state index < -0.39 is 0 Å². The number of rotatable bonds is 4. The molecule has 0 aromatic heterocycles. The molecule has 2 aliphatic rings. The van der Waals surface area contributed by atoms with E-state index in [-0.39, 0.29) is 23.6 Å². The molecule has 0 N–H and O–H groups in total. The first-order chi connectivity index (χ1) is 13.5. The zero-order valence-electron chi connectivity index (χ0n) is 16.3. The van der Waals surface area contributed by atoms with Gasteiger partial charge in [0, 0.05) is 23.3 Å². The highest BCUT2D eigenvalue weighted by atomic mass is 19.1. The summed E-state index contributed by atoms with van der Waals surface area (Å²) in [5.41, 5.74) is 5.14. The van der Waals surface area contributed by atoms with Gasteiger partial charge in [0.05, 0.1) is 18.9 Å². The van der Waals surface area contributed by atoms with Crippen LogP contribution in [0, 0.1) is 11.7 Å².